The molecule has 1 rings (SSSR count). The number of thiophene rings is 1. The molecule has 0 fully saturated rings. The molecule has 0 radical (unpaired) electrons. The van der Waals surface area contributed by atoms with Gasteiger partial charge in [-0.05, 0) is 30.2 Å². The Morgan fingerprint density at radius 2 is 2.25 bits per heavy atom. The third-order valence-electron chi connectivity index (χ3n) is 2.76. The normalized spacial score (nSPS) is 13.9. The molecule has 88 valence electrons. The van der Waals surface area contributed by atoms with E-state index in [0.717, 1.165) is 17.7 Å². The highest BCUT2D eigenvalue weighted by Crippen LogP contribution is 2.16. The Labute approximate surface area is 103 Å². The predicted octanol–water partition coefficient (Wildman–Crippen LogP) is 3.68. The standard InChI is InChI=1S/C14H20OS/c1-3-5-7-12(4-2)14(15)10-9-13-8-6-11-16-13/h6,8,11-12,14-15H,3-5,7H2,1-2H3. The number of hydrogen-bond donors (Lipinski definition) is 1. The fraction of sp³-hybridized carbons (Fsp3) is 0.571. The van der Waals surface area contributed by atoms with Gasteiger partial charge in [0, 0.05) is 0 Å². The first-order valence-electron chi connectivity index (χ1n) is 6.01. The summed E-state index contributed by atoms with van der Waals surface area (Å²) < 4.78 is 0. The van der Waals surface area contributed by atoms with Crippen molar-refractivity contribution in [1.82, 2.24) is 0 Å². The largest absolute Gasteiger partial charge is 0.380 e. The van der Waals surface area contributed by atoms with Gasteiger partial charge in [0.15, 0.2) is 0 Å². The van der Waals surface area contributed by atoms with E-state index in [1.54, 1.807) is 11.3 Å². The molecule has 0 aliphatic heterocycles. The van der Waals surface area contributed by atoms with Gasteiger partial charge in [-0.15, -0.1) is 11.3 Å². The van der Waals surface area contributed by atoms with E-state index < -0.39 is 6.10 Å². The van der Waals surface area contributed by atoms with Gasteiger partial charge in [0.1, 0.15) is 6.10 Å². The van der Waals surface area contributed by atoms with Gasteiger partial charge in [-0.2, -0.15) is 0 Å². The average molecular weight is 236 g/mol. The van der Waals surface area contributed by atoms with Crippen molar-refractivity contribution in [2.24, 2.45) is 5.92 Å². The minimum absolute atomic E-state index is 0.326. The summed E-state index contributed by atoms with van der Waals surface area (Å²) in [6.07, 6.45) is 3.96. The van der Waals surface area contributed by atoms with Crippen LogP contribution in [0.5, 0.6) is 0 Å². The summed E-state index contributed by atoms with van der Waals surface area (Å²) in [6, 6.07) is 3.97. The molecule has 1 aromatic rings. The van der Waals surface area contributed by atoms with Crippen molar-refractivity contribution in [2.75, 3.05) is 0 Å². The SMILES string of the molecule is CCCCC(CC)C(O)C#Cc1cccs1. The molecule has 0 aromatic carbocycles. The summed E-state index contributed by atoms with van der Waals surface area (Å²) in [4.78, 5) is 1.03. The molecule has 0 saturated heterocycles. The third-order valence-corrected chi connectivity index (χ3v) is 3.55. The molecule has 16 heavy (non-hydrogen) atoms. The maximum atomic E-state index is 9.97. The molecule has 1 N–H and O–H groups in total. The number of aliphatic hydroxyl groups excluding tert-OH is 1. The number of hydrogen-bond acceptors (Lipinski definition) is 2. The lowest BCUT2D eigenvalue weighted by molar-refractivity contribution is 0.150. The second-order valence-corrected chi connectivity index (χ2v) is 4.95. The van der Waals surface area contributed by atoms with E-state index in [-0.39, 0.29) is 0 Å². The first-order valence-corrected chi connectivity index (χ1v) is 6.89. The van der Waals surface area contributed by atoms with Crippen LogP contribution in [0.2, 0.25) is 0 Å². The molecule has 2 atom stereocenters. The average Bonchev–Trinajstić information content (AvgIpc) is 2.80. The van der Waals surface area contributed by atoms with Gasteiger partial charge in [0.2, 0.25) is 0 Å². The predicted molar refractivity (Wildman–Crippen MR) is 70.5 cm³/mol. The molecule has 2 unspecified atom stereocenters. The summed E-state index contributed by atoms with van der Waals surface area (Å²) >= 11 is 1.62. The topological polar surface area (TPSA) is 20.2 Å². The van der Waals surface area contributed by atoms with Crippen molar-refractivity contribution in [3.63, 3.8) is 0 Å². The Bertz CT molecular complexity index is 331. The minimum atomic E-state index is -0.473. The summed E-state index contributed by atoms with van der Waals surface area (Å²) in [7, 11) is 0. The van der Waals surface area contributed by atoms with Gasteiger partial charge in [-0.3, -0.25) is 0 Å². The van der Waals surface area contributed by atoms with E-state index in [1.165, 1.54) is 12.8 Å². The van der Waals surface area contributed by atoms with Crippen LogP contribution in [0.15, 0.2) is 17.5 Å². The zero-order chi connectivity index (χ0) is 11.8. The van der Waals surface area contributed by atoms with Crippen molar-refractivity contribution in [1.29, 1.82) is 0 Å². The number of unbranched alkanes of at least 4 members (excludes halogenated alkanes) is 1. The van der Waals surface area contributed by atoms with E-state index >= 15 is 0 Å². The van der Waals surface area contributed by atoms with Crippen LogP contribution in [0.4, 0.5) is 0 Å². The molecule has 0 spiro atoms. The molecule has 0 saturated carbocycles. The second kappa shape index (κ2) is 7.49. The summed E-state index contributed by atoms with van der Waals surface area (Å²) in [5, 5.41) is 12.0. The number of aliphatic hydroxyl groups is 1. The monoisotopic (exact) mass is 236 g/mol. The molecular formula is C14H20OS. The zero-order valence-corrected chi connectivity index (χ0v) is 10.9. The molecule has 1 nitrogen and oxygen atoms in total. The Morgan fingerprint density at radius 1 is 1.44 bits per heavy atom. The van der Waals surface area contributed by atoms with Gasteiger partial charge < -0.3 is 5.11 Å². The van der Waals surface area contributed by atoms with Crippen LogP contribution in [-0.2, 0) is 0 Å². The lowest BCUT2D eigenvalue weighted by Crippen LogP contribution is -2.17. The lowest BCUT2D eigenvalue weighted by atomic mass is 9.94. The van der Waals surface area contributed by atoms with Crippen molar-refractivity contribution in [3.05, 3.63) is 22.4 Å². The maximum Gasteiger partial charge on any atom is 0.117 e. The molecular weight excluding hydrogens is 216 g/mol. The summed E-state index contributed by atoms with van der Waals surface area (Å²) in [5.74, 6) is 6.32. The van der Waals surface area contributed by atoms with Gasteiger partial charge in [-0.25, -0.2) is 0 Å². The first kappa shape index (κ1) is 13.3. The van der Waals surface area contributed by atoms with Gasteiger partial charge >= 0.3 is 0 Å². The zero-order valence-electron chi connectivity index (χ0n) is 10.1. The fourth-order valence-electron chi connectivity index (χ4n) is 1.66. The summed E-state index contributed by atoms with van der Waals surface area (Å²) in [6.45, 7) is 4.30. The van der Waals surface area contributed by atoms with Gasteiger partial charge in [0.05, 0.1) is 4.88 Å². The van der Waals surface area contributed by atoms with Crippen LogP contribution in [0.3, 0.4) is 0 Å². The van der Waals surface area contributed by atoms with Gasteiger partial charge in [0.25, 0.3) is 0 Å². The van der Waals surface area contributed by atoms with Crippen LogP contribution in [0.25, 0.3) is 0 Å². The minimum Gasteiger partial charge on any atom is -0.380 e. The summed E-state index contributed by atoms with van der Waals surface area (Å²) in [5.41, 5.74) is 0. The molecule has 0 aliphatic rings. The van der Waals surface area contributed by atoms with Crippen molar-refractivity contribution in [2.45, 2.75) is 45.6 Å². The Balaban J connectivity index is 2.51. The molecule has 1 aromatic heterocycles. The van der Waals surface area contributed by atoms with Crippen LogP contribution < -0.4 is 0 Å². The van der Waals surface area contributed by atoms with E-state index in [0.29, 0.717) is 5.92 Å². The highest BCUT2D eigenvalue weighted by atomic mass is 32.1. The van der Waals surface area contributed by atoms with Crippen molar-refractivity contribution >= 4 is 11.3 Å². The van der Waals surface area contributed by atoms with Gasteiger partial charge in [-0.1, -0.05) is 44.6 Å². The highest BCUT2D eigenvalue weighted by Gasteiger charge is 2.13. The smallest absolute Gasteiger partial charge is 0.117 e. The quantitative estimate of drug-likeness (QED) is 0.773. The van der Waals surface area contributed by atoms with Crippen LogP contribution in [0.1, 0.15) is 44.4 Å². The van der Waals surface area contributed by atoms with Crippen LogP contribution in [-0.4, -0.2) is 11.2 Å². The maximum absolute atomic E-state index is 9.97. The van der Waals surface area contributed by atoms with Crippen molar-refractivity contribution < 1.29 is 5.11 Å². The van der Waals surface area contributed by atoms with E-state index in [4.69, 9.17) is 0 Å². The van der Waals surface area contributed by atoms with Crippen LogP contribution in [0, 0.1) is 17.8 Å². The molecule has 2 heteroatoms. The van der Waals surface area contributed by atoms with Crippen LogP contribution >= 0.6 is 11.3 Å². The molecule has 0 amide bonds. The number of rotatable bonds is 5. The third kappa shape index (κ3) is 4.38. The Morgan fingerprint density at radius 3 is 2.81 bits per heavy atom. The van der Waals surface area contributed by atoms with Crippen molar-refractivity contribution in [3.8, 4) is 11.8 Å². The van der Waals surface area contributed by atoms with E-state index in [9.17, 15) is 5.11 Å². The fourth-order valence-corrected chi connectivity index (χ4v) is 2.24. The lowest BCUT2D eigenvalue weighted by Gasteiger charge is -2.16. The molecule has 0 bridgehead atoms. The first-order chi connectivity index (χ1) is 7.77. The van der Waals surface area contributed by atoms with E-state index in [2.05, 4.69) is 25.7 Å². The Kier molecular flexibility index (Phi) is 6.22. The molecule has 0 aliphatic carbocycles. The molecule has 1 heterocycles. The highest BCUT2D eigenvalue weighted by molar-refractivity contribution is 7.10. The van der Waals surface area contributed by atoms with E-state index in [1.807, 2.05) is 17.5 Å². The Hall–Kier alpha value is -0.780. The second-order valence-electron chi connectivity index (χ2n) is 4.00.